The first-order valence-electron chi connectivity index (χ1n) is 9.77. The standard InChI is InChI=1S/C27H18O3/c1-2-17-9-7-15-19-18(17)14-8-16-24(19)27(29)30-26-22-12-5-3-10-20(22)25(28)21-11-4-6-13-23(21)26/h2-16,26H,1H2. The van der Waals surface area contributed by atoms with Crippen LogP contribution < -0.4 is 0 Å². The first-order valence-corrected chi connectivity index (χ1v) is 9.77. The average molecular weight is 390 g/mol. The summed E-state index contributed by atoms with van der Waals surface area (Å²) in [6.07, 6.45) is 1.14. The second-order valence-corrected chi connectivity index (χ2v) is 7.24. The Hall–Kier alpha value is -3.98. The number of hydrogen-bond acceptors (Lipinski definition) is 3. The van der Waals surface area contributed by atoms with Gasteiger partial charge in [-0.2, -0.15) is 0 Å². The van der Waals surface area contributed by atoms with Gasteiger partial charge in [0.2, 0.25) is 0 Å². The zero-order valence-corrected chi connectivity index (χ0v) is 16.2. The molecule has 0 aliphatic heterocycles. The third-order valence-electron chi connectivity index (χ3n) is 5.60. The molecule has 0 saturated heterocycles. The molecule has 0 heterocycles. The number of ether oxygens (including phenoxy) is 1. The largest absolute Gasteiger partial charge is 0.449 e. The van der Waals surface area contributed by atoms with Crippen LogP contribution in [0.1, 0.15) is 49.1 Å². The Labute approximate surface area is 174 Å². The fraction of sp³-hybridized carbons (Fsp3) is 0.0370. The highest BCUT2D eigenvalue weighted by Gasteiger charge is 2.33. The molecule has 4 aromatic carbocycles. The molecule has 1 aliphatic rings. The first-order chi connectivity index (χ1) is 14.7. The summed E-state index contributed by atoms with van der Waals surface area (Å²) < 4.78 is 6.04. The van der Waals surface area contributed by atoms with Crippen LogP contribution in [0.4, 0.5) is 0 Å². The van der Waals surface area contributed by atoms with Gasteiger partial charge in [-0.25, -0.2) is 4.79 Å². The van der Waals surface area contributed by atoms with Crippen LogP contribution in [0, 0.1) is 0 Å². The number of ketones is 1. The van der Waals surface area contributed by atoms with Crippen LogP contribution in [0.5, 0.6) is 0 Å². The maximum Gasteiger partial charge on any atom is 0.339 e. The summed E-state index contributed by atoms with van der Waals surface area (Å²) in [4.78, 5) is 26.2. The second-order valence-electron chi connectivity index (χ2n) is 7.24. The molecule has 0 N–H and O–H groups in total. The highest BCUT2D eigenvalue weighted by molar-refractivity contribution is 6.13. The van der Waals surface area contributed by atoms with Crippen molar-refractivity contribution < 1.29 is 14.3 Å². The molecular weight excluding hydrogens is 372 g/mol. The first kappa shape index (κ1) is 18.1. The van der Waals surface area contributed by atoms with Gasteiger partial charge in [-0.3, -0.25) is 4.79 Å². The number of hydrogen-bond donors (Lipinski definition) is 0. The van der Waals surface area contributed by atoms with E-state index in [2.05, 4.69) is 6.58 Å². The van der Waals surface area contributed by atoms with Crippen LogP contribution in [-0.4, -0.2) is 11.8 Å². The molecule has 144 valence electrons. The fourth-order valence-electron chi connectivity index (χ4n) is 4.17. The lowest BCUT2D eigenvalue weighted by Gasteiger charge is -2.27. The number of rotatable bonds is 3. The van der Waals surface area contributed by atoms with Gasteiger partial charge in [0.1, 0.15) is 0 Å². The fourth-order valence-corrected chi connectivity index (χ4v) is 4.17. The highest BCUT2D eigenvalue weighted by Crippen LogP contribution is 2.38. The van der Waals surface area contributed by atoms with E-state index >= 15 is 0 Å². The van der Waals surface area contributed by atoms with Crippen molar-refractivity contribution in [3.63, 3.8) is 0 Å². The van der Waals surface area contributed by atoms with Gasteiger partial charge in [-0.15, -0.1) is 0 Å². The second kappa shape index (κ2) is 7.12. The Kier molecular flexibility index (Phi) is 4.29. The maximum absolute atomic E-state index is 13.3. The van der Waals surface area contributed by atoms with Crippen LogP contribution in [0.2, 0.25) is 0 Å². The molecule has 0 fully saturated rings. The van der Waals surface area contributed by atoms with Crippen molar-refractivity contribution in [1.29, 1.82) is 0 Å². The Morgan fingerprint density at radius 1 is 0.767 bits per heavy atom. The van der Waals surface area contributed by atoms with E-state index in [4.69, 9.17) is 4.74 Å². The average Bonchev–Trinajstić information content (AvgIpc) is 2.80. The monoisotopic (exact) mass is 390 g/mol. The summed E-state index contributed by atoms with van der Waals surface area (Å²) in [5.74, 6) is -0.472. The summed E-state index contributed by atoms with van der Waals surface area (Å²) in [5.41, 5.74) is 4.01. The maximum atomic E-state index is 13.3. The highest BCUT2D eigenvalue weighted by atomic mass is 16.5. The minimum Gasteiger partial charge on any atom is -0.449 e. The van der Waals surface area contributed by atoms with Gasteiger partial charge in [0.15, 0.2) is 11.9 Å². The van der Waals surface area contributed by atoms with Gasteiger partial charge in [-0.05, 0) is 22.4 Å². The van der Waals surface area contributed by atoms with Crippen LogP contribution in [0.15, 0.2) is 91.5 Å². The Morgan fingerprint density at radius 2 is 1.37 bits per heavy atom. The van der Waals surface area contributed by atoms with Crippen LogP contribution in [0.25, 0.3) is 16.8 Å². The van der Waals surface area contributed by atoms with Gasteiger partial charge < -0.3 is 4.74 Å². The number of carbonyl (C=O) groups excluding carboxylic acids is 2. The van der Waals surface area contributed by atoms with Gasteiger partial charge in [0.05, 0.1) is 5.56 Å². The van der Waals surface area contributed by atoms with Crippen molar-refractivity contribution >= 4 is 28.6 Å². The van der Waals surface area contributed by atoms with E-state index in [9.17, 15) is 9.59 Å². The van der Waals surface area contributed by atoms with Crippen molar-refractivity contribution in [1.82, 2.24) is 0 Å². The molecule has 3 nitrogen and oxygen atoms in total. The van der Waals surface area contributed by atoms with E-state index in [0.29, 0.717) is 27.8 Å². The van der Waals surface area contributed by atoms with E-state index in [1.165, 1.54) is 0 Å². The van der Waals surface area contributed by atoms with Crippen molar-refractivity contribution in [2.75, 3.05) is 0 Å². The van der Waals surface area contributed by atoms with E-state index in [1.807, 2.05) is 66.7 Å². The molecule has 4 aromatic rings. The van der Waals surface area contributed by atoms with Crippen LogP contribution in [0.3, 0.4) is 0 Å². The molecule has 0 atom stereocenters. The van der Waals surface area contributed by atoms with Crippen molar-refractivity contribution in [3.05, 3.63) is 125 Å². The smallest absolute Gasteiger partial charge is 0.339 e. The van der Waals surface area contributed by atoms with E-state index in [-0.39, 0.29) is 5.78 Å². The third-order valence-corrected chi connectivity index (χ3v) is 5.60. The molecule has 30 heavy (non-hydrogen) atoms. The lowest BCUT2D eigenvalue weighted by molar-refractivity contribution is 0.0371. The van der Waals surface area contributed by atoms with Gasteiger partial charge in [-0.1, -0.05) is 91.5 Å². The van der Waals surface area contributed by atoms with Crippen LogP contribution >= 0.6 is 0 Å². The summed E-state index contributed by atoms with van der Waals surface area (Å²) in [7, 11) is 0. The summed E-state index contributed by atoms with van der Waals surface area (Å²) in [6.45, 7) is 3.86. The lowest BCUT2D eigenvalue weighted by atomic mass is 9.83. The predicted molar refractivity (Wildman–Crippen MR) is 118 cm³/mol. The SMILES string of the molecule is C=Cc1cccc2c(C(=O)OC3c4ccccc4C(=O)c4ccccc43)cccc12. The number of esters is 1. The summed E-state index contributed by atoms with van der Waals surface area (Å²) >= 11 is 0. The van der Waals surface area contributed by atoms with Gasteiger partial charge >= 0.3 is 5.97 Å². The molecule has 0 spiro atoms. The Morgan fingerprint density at radius 3 is 2.03 bits per heavy atom. The molecule has 0 aromatic heterocycles. The van der Waals surface area contributed by atoms with Crippen molar-refractivity contribution in [2.24, 2.45) is 0 Å². The Balaban J connectivity index is 1.61. The van der Waals surface area contributed by atoms with E-state index in [1.54, 1.807) is 24.3 Å². The molecule has 5 rings (SSSR count). The lowest BCUT2D eigenvalue weighted by Crippen LogP contribution is -2.23. The molecule has 0 amide bonds. The predicted octanol–water partition coefficient (Wildman–Crippen LogP) is 5.97. The van der Waals surface area contributed by atoms with Crippen LogP contribution in [-0.2, 0) is 4.74 Å². The van der Waals surface area contributed by atoms with Gasteiger partial charge in [0, 0.05) is 22.3 Å². The summed E-state index contributed by atoms with van der Waals surface area (Å²) in [5, 5.41) is 1.76. The topological polar surface area (TPSA) is 43.4 Å². The number of carbonyl (C=O) groups is 2. The van der Waals surface area contributed by atoms with E-state index in [0.717, 1.165) is 16.3 Å². The quantitative estimate of drug-likeness (QED) is 0.405. The zero-order chi connectivity index (χ0) is 20.7. The van der Waals surface area contributed by atoms with Gasteiger partial charge in [0.25, 0.3) is 0 Å². The van der Waals surface area contributed by atoms with E-state index < -0.39 is 12.1 Å². The number of benzene rings is 4. The molecule has 0 unspecified atom stereocenters. The third kappa shape index (κ3) is 2.75. The molecular formula is C27H18O3. The molecule has 3 heteroatoms. The van der Waals surface area contributed by atoms with Crippen molar-refractivity contribution in [2.45, 2.75) is 6.10 Å². The molecule has 0 radical (unpaired) electrons. The minimum absolute atomic E-state index is 0.0470. The molecule has 0 saturated carbocycles. The summed E-state index contributed by atoms with van der Waals surface area (Å²) in [6, 6.07) is 26.0. The minimum atomic E-state index is -0.638. The molecule has 1 aliphatic carbocycles. The molecule has 0 bridgehead atoms. The Bertz CT molecular complexity index is 1280. The number of fused-ring (bicyclic) bond motifs is 3. The zero-order valence-electron chi connectivity index (χ0n) is 16.2. The normalized spacial score (nSPS) is 12.9. The van der Waals surface area contributed by atoms with Crippen molar-refractivity contribution in [3.8, 4) is 0 Å².